The Labute approximate surface area is 396 Å². The van der Waals surface area contributed by atoms with Crippen molar-refractivity contribution < 1.29 is 55.9 Å². The SMILES string of the molecule is Cc1c(-c2c(-c3ccc(F)o3)sc3ncnc(OC(Cc4ccccc4OCc4ccnn4CC(F)(F)F)C(=O)NOCc4ccc(B(O)O)cc4)c23)ccc(OCCN2CCN(C)CC2)c1Cl. The second-order valence-corrected chi connectivity index (χ2v) is 17.4. The fourth-order valence-electron chi connectivity index (χ4n) is 7.59. The summed E-state index contributed by atoms with van der Waals surface area (Å²) in [4.78, 5) is 34.4. The molecule has 1 amide bonds. The van der Waals surface area contributed by atoms with Gasteiger partial charge in [0.05, 0.1) is 27.6 Å². The van der Waals surface area contributed by atoms with Crippen LogP contribution in [0.4, 0.5) is 17.6 Å². The van der Waals surface area contributed by atoms with Crippen molar-refractivity contribution >= 4 is 51.6 Å². The zero-order chi connectivity index (χ0) is 48.0. The van der Waals surface area contributed by atoms with Gasteiger partial charge in [-0.25, -0.2) is 15.4 Å². The van der Waals surface area contributed by atoms with Crippen LogP contribution in [0.2, 0.25) is 5.02 Å². The fraction of sp³-hybridized carbons (Fsp3) is 0.304. The average Bonchev–Trinajstić information content (AvgIpc) is 4.06. The molecule has 8 rings (SSSR count). The van der Waals surface area contributed by atoms with Crippen LogP contribution in [0.1, 0.15) is 22.4 Å². The number of thiophene rings is 1. The number of fused-ring (bicyclic) bond motifs is 1. The molecule has 0 radical (unpaired) electrons. The van der Waals surface area contributed by atoms with E-state index in [1.807, 2.05) is 13.0 Å². The van der Waals surface area contributed by atoms with Gasteiger partial charge < -0.3 is 33.6 Å². The van der Waals surface area contributed by atoms with Crippen LogP contribution in [0.3, 0.4) is 0 Å². The molecule has 1 aliphatic rings. The lowest BCUT2D eigenvalue weighted by molar-refractivity contribution is -0.143. The molecule has 0 spiro atoms. The molecular weight excluding hydrogens is 933 g/mol. The van der Waals surface area contributed by atoms with Gasteiger partial charge in [-0.1, -0.05) is 60.1 Å². The summed E-state index contributed by atoms with van der Waals surface area (Å²) in [6.45, 7) is 5.08. The number of furan rings is 1. The minimum atomic E-state index is -4.51. The number of rotatable bonds is 19. The van der Waals surface area contributed by atoms with E-state index >= 15 is 0 Å². The molecule has 1 unspecified atom stereocenters. The van der Waals surface area contributed by atoms with Gasteiger partial charge in [-0.2, -0.15) is 22.7 Å². The highest BCUT2D eigenvalue weighted by Crippen LogP contribution is 2.50. The van der Waals surface area contributed by atoms with Gasteiger partial charge in [0.15, 0.2) is 6.10 Å². The highest BCUT2D eigenvalue weighted by Gasteiger charge is 2.31. The lowest BCUT2D eigenvalue weighted by Crippen LogP contribution is -2.45. The number of hydrogen-bond donors (Lipinski definition) is 3. The molecule has 3 aromatic carbocycles. The second kappa shape index (κ2) is 21.5. The zero-order valence-corrected chi connectivity index (χ0v) is 38.3. The molecule has 1 saturated heterocycles. The van der Waals surface area contributed by atoms with E-state index in [9.17, 15) is 32.4 Å². The number of ether oxygens (including phenoxy) is 3. The minimum absolute atomic E-state index is 0.0321. The molecule has 4 aromatic heterocycles. The molecule has 68 heavy (non-hydrogen) atoms. The Bertz CT molecular complexity index is 2840. The van der Waals surface area contributed by atoms with Gasteiger partial charge >= 0.3 is 13.3 Å². The van der Waals surface area contributed by atoms with Gasteiger partial charge in [-0.3, -0.25) is 19.2 Å². The van der Waals surface area contributed by atoms with Crippen molar-refractivity contribution in [2.45, 2.75) is 45.4 Å². The number of hydrogen-bond acceptors (Lipinski definition) is 14. The molecule has 5 heterocycles. The van der Waals surface area contributed by atoms with Crippen LogP contribution in [0.15, 0.2) is 95.8 Å². The number of likely N-dealkylation sites (N-methyl/N-ethyl adjacent to an activating group) is 1. The van der Waals surface area contributed by atoms with Crippen molar-refractivity contribution in [3.8, 4) is 39.1 Å². The van der Waals surface area contributed by atoms with Crippen molar-refractivity contribution in [3.63, 3.8) is 0 Å². The number of aromatic nitrogens is 4. The number of nitrogens with one attached hydrogen (secondary N) is 1. The molecular formula is C46H45BClF4N7O8S. The quantitative estimate of drug-likeness (QED) is 0.0451. The third-order valence-corrected chi connectivity index (χ3v) is 12.8. The third-order valence-electron chi connectivity index (χ3n) is 11.3. The molecule has 0 saturated carbocycles. The van der Waals surface area contributed by atoms with Crippen LogP contribution in [0.5, 0.6) is 17.4 Å². The van der Waals surface area contributed by atoms with Crippen molar-refractivity contribution in [1.29, 1.82) is 0 Å². The Kier molecular flexibility index (Phi) is 15.3. The summed E-state index contributed by atoms with van der Waals surface area (Å²) in [7, 11) is 0.431. The number of hydroxylamine groups is 1. The molecule has 356 valence electrons. The van der Waals surface area contributed by atoms with Crippen LogP contribution in [-0.4, -0.2) is 111 Å². The second-order valence-electron chi connectivity index (χ2n) is 16.0. The standard InChI is InChI=1S/C46H45BClF4N7O8S/c1-28-33(11-12-35(41(28)48)63-22-21-58-19-17-57(2)18-20-58)39-40-44(53-27-54-45(40)68-42(39)36-13-14-38(49)66-36)67-37(43(60)56-65-24-29-7-9-31(10-8-29)47(61)62)23-30-5-3-4-6-34(30)64-25-32-15-16-55-59(32)26-46(50,51)52/h3-16,27,37,61-62H,17-26H2,1-2H3,(H,56,60). The number of alkyl halides is 3. The van der Waals surface area contributed by atoms with Crippen LogP contribution >= 0.6 is 22.9 Å². The highest BCUT2D eigenvalue weighted by molar-refractivity contribution is 7.22. The van der Waals surface area contributed by atoms with Gasteiger partial charge in [-0.05, 0) is 66.0 Å². The number of halogens is 5. The lowest BCUT2D eigenvalue weighted by Gasteiger charge is -2.32. The number of nitrogens with zero attached hydrogens (tertiary/aromatic N) is 6. The molecule has 1 atom stereocenters. The predicted octanol–water partition coefficient (Wildman–Crippen LogP) is 6.60. The maximum Gasteiger partial charge on any atom is 0.488 e. The smallest absolute Gasteiger partial charge is 0.488 e. The monoisotopic (exact) mass is 977 g/mol. The van der Waals surface area contributed by atoms with Crippen molar-refractivity contribution in [2.75, 3.05) is 46.4 Å². The van der Waals surface area contributed by atoms with Crippen molar-refractivity contribution in [3.05, 3.63) is 125 Å². The number of carbonyl (C=O) groups is 1. The number of piperazine rings is 1. The van der Waals surface area contributed by atoms with Crippen LogP contribution < -0.4 is 25.2 Å². The maximum atomic E-state index is 14.5. The topological polar surface area (TPSA) is 170 Å². The van der Waals surface area contributed by atoms with E-state index in [-0.39, 0.29) is 48.2 Å². The van der Waals surface area contributed by atoms with Crippen LogP contribution in [-0.2, 0) is 35.8 Å². The van der Waals surface area contributed by atoms with Gasteiger partial charge in [0, 0.05) is 57.0 Å². The summed E-state index contributed by atoms with van der Waals surface area (Å²) in [6, 6.07) is 19.7. The van der Waals surface area contributed by atoms with Gasteiger partial charge in [0.1, 0.15) is 48.2 Å². The number of para-hydroxylation sites is 1. The van der Waals surface area contributed by atoms with E-state index in [4.69, 9.17) is 35.1 Å². The van der Waals surface area contributed by atoms with E-state index in [0.29, 0.717) is 60.3 Å². The average molecular weight is 978 g/mol. The summed E-state index contributed by atoms with van der Waals surface area (Å²) in [6.07, 6.45) is -3.57. The molecule has 7 aromatic rings. The van der Waals surface area contributed by atoms with Crippen LogP contribution in [0.25, 0.3) is 32.0 Å². The Morgan fingerprint density at radius 2 is 1.75 bits per heavy atom. The third kappa shape index (κ3) is 11.8. The highest BCUT2D eigenvalue weighted by atomic mass is 35.5. The molecule has 15 nitrogen and oxygen atoms in total. The van der Waals surface area contributed by atoms with Gasteiger partial charge in [0.25, 0.3) is 11.9 Å². The minimum Gasteiger partial charge on any atom is -0.491 e. The van der Waals surface area contributed by atoms with E-state index in [1.54, 1.807) is 42.5 Å². The van der Waals surface area contributed by atoms with E-state index in [0.717, 1.165) is 37.4 Å². The van der Waals surface area contributed by atoms with E-state index < -0.39 is 37.9 Å². The molecule has 0 aliphatic carbocycles. The molecule has 0 bridgehead atoms. The molecule has 3 N–H and O–H groups in total. The first kappa shape index (κ1) is 48.4. The predicted molar refractivity (Wildman–Crippen MR) is 246 cm³/mol. The first-order valence-electron chi connectivity index (χ1n) is 21.4. The summed E-state index contributed by atoms with van der Waals surface area (Å²) in [5.41, 5.74) is 5.63. The van der Waals surface area contributed by atoms with Crippen molar-refractivity contribution in [1.82, 2.24) is 35.0 Å². The summed E-state index contributed by atoms with van der Waals surface area (Å²) >= 11 is 8.23. The van der Waals surface area contributed by atoms with E-state index in [1.165, 1.54) is 54.2 Å². The Morgan fingerprint density at radius 3 is 2.49 bits per heavy atom. The number of carbonyl (C=O) groups excluding carboxylic acids is 1. The maximum absolute atomic E-state index is 14.5. The fourth-order valence-corrected chi connectivity index (χ4v) is 8.91. The van der Waals surface area contributed by atoms with E-state index in [2.05, 4.69) is 37.4 Å². The normalized spacial score (nSPS) is 14.0. The zero-order valence-electron chi connectivity index (χ0n) is 36.7. The molecule has 22 heteroatoms. The molecule has 1 fully saturated rings. The molecule has 1 aliphatic heterocycles. The van der Waals surface area contributed by atoms with Gasteiger partial charge in [-0.15, -0.1) is 11.3 Å². The number of benzene rings is 3. The first-order chi connectivity index (χ1) is 32.7. The summed E-state index contributed by atoms with van der Waals surface area (Å²) < 4.78 is 79.6. The Balaban J connectivity index is 1.12. The van der Waals surface area contributed by atoms with Crippen LogP contribution in [0, 0.1) is 12.9 Å². The van der Waals surface area contributed by atoms with Crippen molar-refractivity contribution in [2.24, 2.45) is 0 Å². The Morgan fingerprint density at radius 1 is 0.971 bits per heavy atom. The van der Waals surface area contributed by atoms with Gasteiger partial charge in [0.2, 0.25) is 5.88 Å². The first-order valence-corrected chi connectivity index (χ1v) is 22.6. The lowest BCUT2D eigenvalue weighted by atomic mass is 9.80. The summed E-state index contributed by atoms with van der Waals surface area (Å²) in [5.74, 6) is 0.142. The summed E-state index contributed by atoms with van der Waals surface area (Å²) in [5, 5.41) is 23.5. The largest absolute Gasteiger partial charge is 0.491 e. The Hall–Kier alpha value is -6.07. The number of amides is 1.